The summed E-state index contributed by atoms with van der Waals surface area (Å²) in [6.45, 7) is 1.91. The Kier molecular flexibility index (Phi) is 2.25. The van der Waals surface area contributed by atoms with E-state index in [0.717, 1.165) is 6.42 Å². The molecule has 1 rings (SSSR count). The monoisotopic (exact) mass is 352 g/mol. The van der Waals surface area contributed by atoms with Gasteiger partial charge in [-0.15, -0.1) is 0 Å². The highest BCUT2D eigenvalue weighted by Gasteiger charge is 2.43. The van der Waals surface area contributed by atoms with Crippen molar-refractivity contribution in [3.63, 3.8) is 0 Å². The van der Waals surface area contributed by atoms with E-state index in [2.05, 4.69) is 45.2 Å². The molecule has 0 aromatic rings. The van der Waals surface area contributed by atoms with Gasteiger partial charge in [0.05, 0.1) is 0 Å². The second-order valence-electron chi connectivity index (χ2n) is 2.12. The molecule has 0 spiro atoms. The first-order chi connectivity index (χ1) is 4.02. The van der Waals surface area contributed by atoms with E-state index >= 15 is 0 Å². The molecule has 1 unspecified atom stereocenters. The van der Waals surface area contributed by atoms with Crippen LogP contribution in [0.25, 0.3) is 0 Å². The summed E-state index contributed by atoms with van der Waals surface area (Å²) >= 11 is 4.24. The maximum absolute atomic E-state index is 10.9. The Morgan fingerprint density at radius 2 is 2.33 bits per heavy atom. The highest BCUT2D eigenvalue weighted by molar-refractivity contribution is 14.2. The maximum Gasteiger partial charge on any atom is 0.332 e. The molecule has 0 aliphatic carbocycles. The Bertz CT molecular complexity index is 144. The number of hydrogen-bond donors (Lipinski definition) is 0. The second-order valence-corrected chi connectivity index (χ2v) is 7.87. The van der Waals surface area contributed by atoms with E-state index in [9.17, 15) is 4.79 Å². The molecule has 0 aromatic heterocycles. The van der Waals surface area contributed by atoms with E-state index in [1.165, 1.54) is 0 Å². The Morgan fingerprint density at radius 1 is 1.78 bits per heavy atom. The van der Waals surface area contributed by atoms with Gasteiger partial charge < -0.3 is 4.74 Å². The van der Waals surface area contributed by atoms with Crippen molar-refractivity contribution in [3.05, 3.63) is 0 Å². The van der Waals surface area contributed by atoms with Gasteiger partial charge in [-0.25, -0.2) is 4.79 Å². The number of halogens is 2. The molecule has 0 amide bonds. The van der Waals surface area contributed by atoms with Gasteiger partial charge in [-0.05, 0) is 6.92 Å². The molecule has 1 aliphatic heterocycles. The highest BCUT2D eigenvalue weighted by atomic mass is 127. The molecule has 0 bridgehead atoms. The molecule has 1 fully saturated rings. The topological polar surface area (TPSA) is 26.3 Å². The van der Waals surface area contributed by atoms with Crippen LogP contribution in [0, 0.1) is 0 Å². The van der Waals surface area contributed by atoms with Crippen LogP contribution in [0.5, 0.6) is 0 Å². The fraction of sp³-hybridized carbons (Fsp3) is 0.800. The van der Waals surface area contributed by atoms with E-state index in [1.807, 2.05) is 6.92 Å². The van der Waals surface area contributed by atoms with Crippen molar-refractivity contribution in [2.45, 2.75) is 20.9 Å². The van der Waals surface area contributed by atoms with Crippen molar-refractivity contribution in [1.82, 2.24) is 0 Å². The molecule has 0 radical (unpaired) electrons. The number of carbonyl (C=O) groups is 1. The van der Waals surface area contributed by atoms with Crippen LogP contribution in [-0.4, -0.2) is 13.5 Å². The minimum absolute atomic E-state index is 0.0869. The molecular weight excluding hydrogens is 346 g/mol. The van der Waals surface area contributed by atoms with Crippen LogP contribution in [0.15, 0.2) is 0 Å². The number of alkyl halides is 2. The molecule has 1 aliphatic rings. The van der Waals surface area contributed by atoms with Crippen LogP contribution < -0.4 is 0 Å². The summed E-state index contributed by atoms with van der Waals surface area (Å²) in [7, 11) is 0. The molecule has 0 aromatic carbocycles. The van der Waals surface area contributed by atoms with Crippen molar-refractivity contribution in [2.24, 2.45) is 0 Å². The van der Waals surface area contributed by atoms with Gasteiger partial charge in [-0.3, -0.25) is 0 Å². The van der Waals surface area contributed by atoms with Crippen molar-refractivity contribution in [3.8, 4) is 0 Å². The molecule has 1 atom stereocenters. The smallest absolute Gasteiger partial charge is 0.332 e. The SMILES string of the molecule is CC1CC(I)(I)C(=O)O1. The Morgan fingerprint density at radius 3 is 2.44 bits per heavy atom. The van der Waals surface area contributed by atoms with Crippen molar-refractivity contribution in [2.75, 3.05) is 0 Å². The first-order valence-corrected chi connectivity index (χ1v) is 4.77. The Labute approximate surface area is 81.0 Å². The molecule has 1 saturated heterocycles. The number of ether oxygens (including phenoxy) is 1. The van der Waals surface area contributed by atoms with Crippen molar-refractivity contribution < 1.29 is 9.53 Å². The highest BCUT2D eigenvalue weighted by Crippen LogP contribution is 2.40. The Hall–Kier alpha value is 0.930. The van der Waals surface area contributed by atoms with Crippen molar-refractivity contribution in [1.29, 1.82) is 0 Å². The van der Waals surface area contributed by atoms with Gasteiger partial charge in [0.15, 0.2) is 1.43 Å². The largest absolute Gasteiger partial charge is 0.461 e. The number of carbonyl (C=O) groups excluding carboxylic acids is 1. The van der Waals surface area contributed by atoms with Crippen LogP contribution in [0.2, 0.25) is 0 Å². The number of hydrogen-bond acceptors (Lipinski definition) is 2. The van der Waals surface area contributed by atoms with E-state index in [4.69, 9.17) is 4.74 Å². The molecule has 4 heteroatoms. The first kappa shape index (κ1) is 8.03. The van der Waals surface area contributed by atoms with Gasteiger partial charge in [-0.2, -0.15) is 0 Å². The van der Waals surface area contributed by atoms with Gasteiger partial charge >= 0.3 is 5.97 Å². The predicted octanol–water partition coefficient (Wildman–Crippen LogP) is 1.89. The lowest BCUT2D eigenvalue weighted by molar-refractivity contribution is -0.140. The second kappa shape index (κ2) is 2.52. The summed E-state index contributed by atoms with van der Waals surface area (Å²) in [4.78, 5) is 10.9. The third kappa shape index (κ3) is 1.69. The molecule has 52 valence electrons. The zero-order chi connectivity index (χ0) is 7.07. The van der Waals surface area contributed by atoms with Crippen LogP contribution in [-0.2, 0) is 9.53 Å². The van der Waals surface area contributed by atoms with Crippen LogP contribution >= 0.6 is 45.2 Å². The number of esters is 1. The van der Waals surface area contributed by atoms with Crippen LogP contribution in [0.4, 0.5) is 0 Å². The number of rotatable bonds is 0. The zero-order valence-electron chi connectivity index (χ0n) is 4.86. The predicted molar refractivity (Wildman–Crippen MR) is 50.9 cm³/mol. The summed E-state index contributed by atoms with van der Waals surface area (Å²) < 4.78 is 4.63. The molecule has 0 saturated carbocycles. The fourth-order valence-electron chi connectivity index (χ4n) is 0.755. The lowest BCUT2D eigenvalue weighted by Gasteiger charge is -2.03. The average molecular weight is 352 g/mol. The van der Waals surface area contributed by atoms with Gasteiger partial charge in [-0.1, -0.05) is 45.2 Å². The molecular formula is C5H6I2O2. The lowest BCUT2D eigenvalue weighted by atomic mass is 10.3. The summed E-state index contributed by atoms with van der Waals surface area (Å²) in [5.41, 5.74) is 0. The summed E-state index contributed by atoms with van der Waals surface area (Å²) in [5, 5.41) is 0. The van der Waals surface area contributed by atoms with Gasteiger partial charge in [0.1, 0.15) is 6.10 Å². The van der Waals surface area contributed by atoms with Gasteiger partial charge in [0, 0.05) is 6.42 Å². The molecule has 1 heterocycles. The van der Waals surface area contributed by atoms with E-state index < -0.39 is 0 Å². The molecule has 0 N–H and O–H groups in total. The standard InChI is InChI=1S/C5H6I2O2/c1-3-2-5(6,7)4(8)9-3/h3H,2H2,1H3. The third-order valence-corrected chi connectivity index (χ3v) is 2.91. The summed E-state index contributed by atoms with van der Waals surface area (Å²) in [6.07, 6.45) is 0.929. The van der Waals surface area contributed by atoms with E-state index in [-0.39, 0.29) is 13.5 Å². The minimum atomic E-state index is -0.297. The van der Waals surface area contributed by atoms with Crippen LogP contribution in [0.3, 0.4) is 0 Å². The van der Waals surface area contributed by atoms with Crippen LogP contribution in [0.1, 0.15) is 13.3 Å². The first-order valence-electron chi connectivity index (χ1n) is 2.61. The summed E-state index contributed by atoms with van der Waals surface area (Å²) in [6, 6.07) is 0. The lowest BCUT2D eigenvalue weighted by Crippen LogP contribution is -2.16. The Balaban J connectivity index is 2.70. The average Bonchev–Trinajstić information content (AvgIpc) is 1.79. The van der Waals surface area contributed by atoms with Gasteiger partial charge in [0.2, 0.25) is 0 Å². The van der Waals surface area contributed by atoms with E-state index in [0.29, 0.717) is 0 Å². The third-order valence-electron chi connectivity index (χ3n) is 1.15. The minimum Gasteiger partial charge on any atom is -0.461 e. The molecule has 2 nitrogen and oxygen atoms in total. The normalized spacial score (nSPS) is 32.3. The number of cyclic esters (lactones) is 1. The van der Waals surface area contributed by atoms with E-state index in [1.54, 1.807) is 0 Å². The van der Waals surface area contributed by atoms with Crippen molar-refractivity contribution >= 4 is 51.2 Å². The fourth-order valence-corrected chi connectivity index (χ4v) is 2.25. The summed E-state index contributed by atoms with van der Waals surface area (Å²) in [5.74, 6) is -0.0869. The maximum atomic E-state index is 10.9. The zero-order valence-corrected chi connectivity index (χ0v) is 9.17. The quantitative estimate of drug-likeness (QED) is 0.378. The van der Waals surface area contributed by atoms with Gasteiger partial charge in [0.25, 0.3) is 0 Å². The molecule has 9 heavy (non-hydrogen) atoms.